The number of ether oxygens (including phenoxy) is 3. The first-order chi connectivity index (χ1) is 11.6. The van der Waals surface area contributed by atoms with E-state index in [2.05, 4.69) is 0 Å². The quantitative estimate of drug-likeness (QED) is 0.873. The van der Waals surface area contributed by atoms with E-state index in [-0.39, 0.29) is 19.4 Å². The van der Waals surface area contributed by atoms with E-state index in [9.17, 15) is 9.90 Å². The number of rotatable bonds is 4. The van der Waals surface area contributed by atoms with Crippen LogP contribution >= 0.6 is 0 Å². The highest BCUT2D eigenvalue weighted by Gasteiger charge is 2.38. The molecule has 126 valence electrons. The van der Waals surface area contributed by atoms with Crippen LogP contribution in [0, 0.1) is 0 Å². The number of carbonyl (C=O) groups excluding carboxylic acids is 1. The third-order valence-corrected chi connectivity index (χ3v) is 4.11. The lowest BCUT2D eigenvalue weighted by Gasteiger charge is -2.27. The first-order valence-electron chi connectivity index (χ1n) is 7.88. The van der Waals surface area contributed by atoms with Gasteiger partial charge in [-0.2, -0.15) is 0 Å². The summed E-state index contributed by atoms with van der Waals surface area (Å²) < 4.78 is 16.3. The zero-order valence-corrected chi connectivity index (χ0v) is 13.7. The number of benzene rings is 2. The van der Waals surface area contributed by atoms with Crippen LogP contribution < -0.4 is 9.47 Å². The molecular formula is C19H20O5. The summed E-state index contributed by atoms with van der Waals surface area (Å²) in [5.74, 6) is 1.37. The number of para-hydroxylation sites is 1. The normalized spacial score (nSPS) is 18.6. The van der Waals surface area contributed by atoms with Crippen LogP contribution in [0.5, 0.6) is 17.2 Å². The van der Waals surface area contributed by atoms with E-state index in [1.54, 1.807) is 32.2 Å². The van der Waals surface area contributed by atoms with Crippen molar-refractivity contribution in [3.8, 4) is 17.2 Å². The fourth-order valence-corrected chi connectivity index (χ4v) is 2.98. The van der Waals surface area contributed by atoms with Crippen LogP contribution in [0.1, 0.15) is 24.5 Å². The molecule has 0 saturated heterocycles. The highest BCUT2D eigenvalue weighted by atomic mass is 16.5. The highest BCUT2D eigenvalue weighted by Crippen LogP contribution is 2.44. The monoisotopic (exact) mass is 328 g/mol. The summed E-state index contributed by atoms with van der Waals surface area (Å²) in [7, 11) is 1.59. The molecule has 0 aliphatic carbocycles. The summed E-state index contributed by atoms with van der Waals surface area (Å²) in [6.07, 6.45) is 0.120. The SMILES string of the molecule is CCOC(=O)CC1(O)Cc2ccc(OC)cc2Oc2ccccc21. The van der Waals surface area contributed by atoms with E-state index < -0.39 is 11.6 Å². The summed E-state index contributed by atoms with van der Waals surface area (Å²) in [6.45, 7) is 2.02. The van der Waals surface area contributed by atoms with Gasteiger partial charge in [-0.1, -0.05) is 24.3 Å². The van der Waals surface area contributed by atoms with Crippen molar-refractivity contribution in [1.29, 1.82) is 0 Å². The minimum atomic E-state index is -1.39. The Hall–Kier alpha value is -2.53. The van der Waals surface area contributed by atoms with Crippen LogP contribution in [-0.4, -0.2) is 24.8 Å². The Morgan fingerprint density at radius 3 is 2.79 bits per heavy atom. The fraction of sp³-hybridized carbons (Fsp3) is 0.316. The number of methoxy groups -OCH3 is 1. The van der Waals surface area contributed by atoms with Crippen molar-refractivity contribution in [1.82, 2.24) is 0 Å². The first kappa shape index (κ1) is 16.3. The van der Waals surface area contributed by atoms with E-state index in [1.165, 1.54) is 0 Å². The summed E-state index contributed by atoms with van der Waals surface area (Å²) in [4.78, 5) is 12.0. The van der Waals surface area contributed by atoms with Crippen molar-refractivity contribution in [2.24, 2.45) is 0 Å². The molecule has 3 rings (SSSR count). The molecular weight excluding hydrogens is 308 g/mol. The standard InChI is InChI=1S/C19H20O5/c1-3-23-18(20)12-19(21)11-13-8-9-14(22-2)10-17(13)24-16-7-5-4-6-15(16)19/h4-10,21H,3,11-12H2,1-2H3. The van der Waals surface area contributed by atoms with Gasteiger partial charge < -0.3 is 19.3 Å². The second kappa shape index (κ2) is 6.53. The number of hydrogen-bond donors (Lipinski definition) is 1. The van der Waals surface area contributed by atoms with Gasteiger partial charge in [-0.3, -0.25) is 4.79 Å². The van der Waals surface area contributed by atoms with Crippen LogP contribution in [0.2, 0.25) is 0 Å². The molecule has 1 atom stereocenters. The Labute approximate surface area is 140 Å². The van der Waals surface area contributed by atoms with Crippen LogP contribution in [0.15, 0.2) is 42.5 Å². The molecule has 0 spiro atoms. The van der Waals surface area contributed by atoms with Crippen LogP contribution in [0.3, 0.4) is 0 Å². The lowest BCUT2D eigenvalue weighted by molar-refractivity contribution is -0.149. The third kappa shape index (κ3) is 3.08. The van der Waals surface area contributed by atoms with Gasteiger partial charge in [0.25, 0.3) is 0 Å². The average Bonchev–Trinajstić information content (AvgIpc) is 2.68. The van der Waals surface area contributed by atoms with Gasteiger partial charge in [0.05, 0.1) is 20.1 Å². The Kier molecular flexibility index (Phi) is 4.44. The molecule has 1 heterocycles. The molecule has 0 amide bonds. The van der Waals surface area contributed by atoms with Crippen molar-refractivity contribution in [2.45, 2.75) is 25.4 Å². The van der Waals surface area contributed by atoms with E-state index in [4.69, 9.17) is 14.2 Å². The zero-order valence-electron chi connectivity index (χ0n) is 13.7. The van der Waals surface area contributed by atoms with Gasteiger partial charge in [0.1, 0.15) is 22.8 Å². The summed E-state index contributed by atoms with van der Waals surface area (Å²) >= 11 is 0. The van der Waals surface area contributed by atoms with Gasteiger partial charge in [0.2, 0.25) is 0 Å². The first-order valence-corrected chi connectivity index (χ1v) is 7.88. The lowest BCUT2D eigenvalue weighted by Crippen LogP contribution is -2.32. The van der Waals surface area contributed by atoms with Crippen LogP contribution in [-0.2, 0) is 21.6 Å². The molecule has 5 nitrogen and oxygen atoms in total. The van der Waals surface area contributed by atoms with Gasteiger partial charge in [-0.05, 0) is 24.6 Å². The summed E-state index contributed by atoms with van der Waals surface area (Å²) in [6, 6.07) is 12.6. The maximum Gasteiger partial charge on any atom is 0.309 e. The maximum absolute atomic E-state index is 12.0. The summed E-state index contributed by atoms with van der Waals surface area (Å²) in [5, 5.41) is 11.3. The predicted octanol–water partition coefficient (Wildman–Crippen LogP) is 3.18. The molecule has 1 N–H and O–H groups in total. The fourth-order valence-electron chi connectivity index (χ4n) is 2.98. The molecule has 2 aromatic carbocycles. The maximum atomic E-state index is 12.0. The van der Waals surface area contributed by atoms with Gasteiger partial charge in [0, 0.05) is 18.1 Å². The molecule has 0 fully saturated rings. The van der Waals surface area contributed by atoms with Gasteiger partial charge in [-0.25, -0.2) is 0 Å². The van der Waals surface area contributed by atoms with E-state index >= 15 is 0 Å². The summed E-state index contributed by atoms with van der Waals surface area (Å²) in [5.41, 5.74) is -0.00473. The number of carbonyl (C=O) groups is 1. The van der Waals surface area contributed by atoms with E-state index in [0.717, 1.165) is 5.56 Å². The van der Waals surface area contributed by atoms with Gasteiger partial charge >= 0.3 is 5.97 Å². The molecule has 0 saturated carbocycles. The van der Waals surface area contributed by atoms with Gasteiger partial charge in [0.15, 0.2) is 0 Å². The molecule has 5 heteroatoms. The van der Waals surface area contributed by atoms with Crippen molar-refractivity contribution < 1.29 is 24.1 Å². The van der Waals surface area contributed by atoms with Crippen LogP contribution in [0.4, 0.5) is 0 Å². The molecule has 1 aliphatic rings. The Morgan fingerprint density at radius 1 is 1.25 bits per heavy atom. The number of esters is 1. The highest BCUT2D eigenvalue weighted by molar-refractivity contribution is 5.72. The Morgan fingerprint density at radius 2 is 2.04 bits per heavy atom. The van der Waals surface area contributed by atoms with Crippen molar-refractivity contribution in [2.75, 3.05) is 13.7 Å². The molecule has 0 bridgehead atoms. The Balaban J connectivity index is 2.07. The second-order valence-corrected chi connectivity index (χ2v) is 5.76. The third-order valence-electron chi connectivity index (χ3n) is 4.11. The van der Waals surface area contributed by atoms with E-state index in [0.29, 0.717) is 22.8 Å². The smallest absolute Gasteiger partial charge is 0.309 e. The van der Waals surface area contributed by atoms with Crippen molar-refractivity contribution in [3.05, 3.63) is 53.6 Å². The lowest BCUT2D eigenvalue weighted by atomic mass is 9.84. The molecule has 1 unspecified atom stereocenters. The van der Waals surface area contributed by atoms with Crippen molar-refractivity contribution in [3.63, 3.8) is 0 Å². The molecule has 2 aromatic rings. The number of fused-ring (bicyclic) bond motifs is 2. The average molecular weight is 328 g/mol. The van der Waals surface area contributed by atoms with Crippen molar-refractivity contribution >= 4 is 5.97 Å². The van der Waals surface area contributed by atoms with E-state index in [1.807, 2.05) is 24.3 Å². The predicted molar refractivity (Wildman–Crippen MR) is 88.4 cm³/mol. The zero-order chi connectivity index (χ0) is 17.2. The largest absolute Gasteiger partial charge is 0.497 e. The minimum Gasteiger partial charge on any atom is -0.497 e. The number of aliphatic hydroxyl groups is 1. The van der Waals surface area contributed by atoms with Crippen LogP contribution in [0.25, 0.3) is 0 Å². The topological polar surface area (TPSA) is 65.0 Å². The molecule has 1 aliphatic heterocycles. The molecule has 24 heavy (non-hydrogen) atoms. The molecule has 0 radical (unpaired) electrons. The van der Waals surface area contributed by atoms with Gasteiger partial charge in [-0.15, -0.1) is 0 Å². The molecule has 0 aromatic heterocycles. The minimum absolute atomic E-state index is 0.132. The second-order valence-electron chi connectivity index (χ2n) is 5.76. The Bertz CT molecular complexity index is 755. The number of hydrogen-bond acceptors (Lipinski definition) is 5.